The number of allylic oxidation sites excluding steroid dienone is 1. The van der Waals surface area contributed by atoms with E-state index < -0.39 is 6.61 Å². The molecule has 0 unspecified atom stereocenters. The number of unbranched alkanes of at least 4 members (excludes halogenated alkanes) is 2. The van der Waals surface area contributed by atoms with Gasteiger partial charge in [-0.15, -0.1) is 0 Å². The van der Waals surface area contributed by atoms with Gasteiger partial charge < -0.3 is 31.3 Å². The summed E-state index contributed by atoms with van der Waals surface area (Å²) in [5.41, 5.74) is 13.6. The Morgan fingerprint density at radius 3 is 2.42 bits per heavy atom. The minimum Gasteiger partial charge on any atom is -0.504 e. The minimum atomic E-state index is -0.430. The van der Waals surface area contributed by atoms with Crippen molar-refractivity contribution in [3.05, 3.63) is 124 Å². The number of aliphatic hydroxyl groups excluding tert-OH is 1. The monoisotopic (exact) mass is 800 g/mol. The quantitative estimate of drug-likeness (QED) is 0.0327. The summed E-state index contributed by atoms with van der Waals surface area (Å²) < 4.78 is 5.44. The van der Waals surface area contributed by atoms with E-state index in [9.17, 15) is 19.8 Å². The van der Waals surface area contributed by atoms with E-state index in [1.165, 1.54) is 55.6 Å². The number of hydrogen-bond acceptors (Lipinski definition) is 9. The first-order valence-electron chi connectivity index (χ1n) is 21.7. The number of rotatable bonds is 21. The largest absolute Gasteiger partial charge is 0.504 e. The predicted octanol–water partition coefficient (Wildman–Crippen LogP) is 7.62. The number of ketones is 2. The Morgan fingerprint density at radius 1 is 0.898 bits per heavy atom. The Balaban J connectivity index is 1.07. The van der Waals surface area contributed by atoms with Crippen molar-refractivity contribution in [2.45, 2.75) is 95.9 Å². The number of hydrogen-bond donors (Lipinski definition) is 5. The molecule has 314 valence electrons. The van der Waals surface area contributed by atoms with Crippen LogP contribution in [0.15, 0.2) is 85.1 Å². The van der Waals surface area contributed by atoms with E-state index in [2.05, 4.69) is 71.2 Å². The van der Waals surface area contributed by atoms with Gasteiger partial charge >= 0.3 is 0 Å². The van der Waals surface area contributed by atoms with Crippen molar-refractivity contribution in [2.24, 2.45) is 17.8 Å². The number of anilines is 1. The lowest BCUT2D eigenvalue weighted by Crippen LogP contribution is -2.50. The molecule has 4 atom stereocenters. The molecule has 0 bridgehead atoms. The van der Waals surface area contributed by atoms with Crippen molar-refractivity contribution in [3.8, 4) is 11.5 Å². The van der Waals surface area contributed by atoms with Crippen LogP contribution in [0, 0.1) is 17.8 Å². The van der Waals surface area contributed by atoms with Crippen molar-refractivity contribution in [2.75, 3.05) is 39.6 Å². The maximum Gasteiger partial charge on any atom is 0.163 e. The molecule has 3 aromatic carbocycles. The SMILES string of the molecule is CN[C@H]1CC[C@H]2CNCC[C@@H]2[C@H]1CCCCCC(=O)CC(=O)C=C(CO)c1cc(OC)c(O)cc1Cc1cnc(N)cc1CCc1cccc(CCc2ccccc2)c1. The predicted molar refractivity (Wildman–Crippen MR) is 237 cm³/mol. The lowest BCUT2D eigenvalue weighted by molar-refractivity contribution is -0.124. The highest BCUT2D eigenvalue weighted by molar-refractivity contribution is 6.07. The second kappa shape index (κ2) is 22.0. The molecule has 6 rings (SSSR count). The molecule has 6 N–H and O–H groups in total. The van der Waals surface area contributed by atoms with E-state index in [0.717, 1.165) is 81.0 Å². The molecule has 1 saturated heterocycles. The Bertz CT molecular complexity index is 2030. The number of phenols is 1. The summed E-state index contributed by atoms with van der Waals surface area (Å²) in [4.78, 5) is 30.7. The number of methoxy groups -OCH3 is 1. The number of nitrogens with one attached hydrogen (secondary N) is 2. The number of carbonyl (C=O) groups is 2. The standard InChI is InChI=1S/C50H64N4O5/c1-52-47-21-20-38-31-53-23-22-44(38)45(47)15-8-4-7-14-42(56)29-43(57)26-41(33-55)46-30-49(59-2)48(58)27-39(46)25-40-32-54-50(51)28-37(40)19-18-36-13-9-12-35(24-36)17-16-34-10-5-3-6-11-34/h3,5-6,9-13,24,26-28,30,32,38,44-45,47,52-53,55,58H,4,7-8,14-23,25,29,31,33H2,1-2H3,(H2,51,54)/t38-,44-,45+,47-/m0/s1. The van der Waals surface area contributed by atoms with E-state index in [-0.39, 0.29) is 29.5 Å². The summed E-state index contributed by atoms with van der Waals surface area (Å²) in [7, 11) is 3.55. The van der Waals surface area contributed by atoms with E-state index in [1.807, 2.05) is 12.1 Å². The van der Waals surface area contributed by atoms with Crippen molar-refractivity contribution < 1.29 is 24.5 Å². The van der Waals surface area contributed by atoms with Gasteiger partial charge in [0.15, 0.2) is 17.3 Å². The summed E-state index contributed by atoms with van der Waals surface area (Å²) in [6.45, 7) is 1.82. The lowest BCUT2D eigenvalue weighted by Gasteiger charge is -2.46. The average molecular weight is 801 g/mol. The van der Waals surface area contributed by atoms with Gasteiger partial charge in [0.25, 0.3) is 0 Å². The molecule has 4 aromatic rings. The van der Waals surface area contributed by atoms with Crippen LogP contribution in [0.2, 0.25) is 0 Å². The maximum absolute atomic E-state index is 13.3. The zero-order valence-electron chi connectivity index (χ0n) is 35.1. The van der Waals surface area contributed by atoms with Crippen LogP contribution in [0.1, 0.15) is 96.7 Å². The normalized spacial score (nSPS) is 19.3. The van der Waals surface area contributed by atoms with Crippen molar-refractivity contribution in [1.29, 1.82) is 0 Å². The van der Waals surface area contributed by atoms with Crippen LogP contribution in [0.25, 0.3) is 5.57 Å². The van der Waals surface area contributed by atoms with Gasteiger partial charge in [-0.3, -0.25) is 9.59 Å². The summed E-state index contributed by atoms with van der Waals surface area (Å²) in [5.74, 6) is 2.39. The average Bonchev–Trinajstić information content (AvgIpc) is 3.25. The van der Waals surface area contributed by atoms with E-state index in [1.54, 1.807) is 18.3 Å². The van der Waals surface area contributed by atoms with E-state index in [0.29, 0.717) is 47.3 Å². The number of pyridine rings is 1. The number of nitrogen functional groups attached to an aromatic ring is 1. The molecule has 1 saturated carbocycles. The first kappa shape index (κ1) is 43.7. The summed E-state index contributed by atoms with van der Waals surface area (Å²) in [6, 6.07) is 24.9. The molecule has 1 aliphatic heterocycles. The molecule has 9 heteroatoms. The van der Waals surface area contributed by atoms with Crippen LogP contribution in [0.3, 0.4) is 0 Å². The number of aromatic hydroxyl groups is 1. The number of Topliss-reactive ketones (excluding diaryl/α,β-unsaturated/α-hetero) is 1. The molecule has 2 heterocycles. The molecule has 0 radical (unpaired) electrons. The van der Waals surface area contributed by atoms with Gasteiger partial charge in [-0.25, -0.2) is 4.98 Å². The highest BCUT2D eigenvalue weighted by atomic mass is 16.5. The molecule has 1 aromatic heterocycles. The molecule has 59 heavy (non-hydrogen) atoms. The van der Waals surface area contributed by atoms with Crippen LogP contribution >= 0.6 is 0 Å². The number of nitrogens with two attached hydrogens (primary N) is 1. The fourth-order valence-electron chi connectivity index (χ4n) is 9.63. The Morgan fingerprint density at radius 2 is 1.66 bits per heavy atom. The number of phenolic OH excluding ortho intramolecular Hbond substituents is 1. The topological polar surface area (TPSA) is 147 Å². The third kappa shape index (κ3) is 12.4. The smallest absolute Gasteiger partial charge is 0.163 e. The molecule has 9 nitrogen and oxygen atoms in total. The van der Waals surface area contributed by atoms with Crippen molar-refractivity contribution >= 4 is 23.0 Å². The Labute approximate surface area is 350 Å². The number of aromatic nitrogens is 1. The number of ether oxygens (including phenoxy) is 1. The highest BCUT2D eigenvalue weighted by Gasteiger charge is 2.39. The lowest BCUT2D eigenvalue weighted by atomic mass is 9.65. The molecule has 0 amide bonds. The molecule has 2 aliphatic rings. The first-order chi connectivity index (χ1) is 28.7. The number of aryl methyl sites for hydroxylation is 4. The van der Waals surface area contributed by atoms with E-state index in [4.69, 9.17) is 10.5 Å². The van der Waals surface area contributed by atoms with Gasteiger partial charge in [0.1, 0.15) is 11.6 Å². The maximum atomic E-state index is 13.3. The van der Waals surface area contributed by atoms with Gasteiger partial charge in [0, 0.05) is 18.7 Å². The third-order valence-corrected chi connectivity index (χ3v) is 12.8. The second-order valence-electron chi connectivity index (χ2n) is 16.7. The Hall–Kier alpha value is -4.83. The highest BCUT2D eigenvalue weighted by Crippen LogP contribution is 2.41. The fourth-order valence-corrected chi connectivity index (χ4v) is 9.63. The zero-order valence-corrected chi connectivity index (χ0v) is 35.1. The number of benzene rings is 3. The van der Waals surface area contributed by atoms with E-state index >= 15 is 0 Å². The molecule has 2 fully saturated rings. The summed E-state index contributed by atoms with van der Waals surface area (Å²) >= 11 is 0. The summed E-state index contributed by atoms with van der Waals surface area (Å²) in [5, 5.41) is 28.6. The number of fused-ring (bicyclic) bond motifs is 1. The van der Waals surface area contributed by atoms with Crippen LogP contribution in [-0.4, -0.2) is 66.7 Å². The molecular formula is C50H64N4O5. The minimum absolute atomic E-state index is 0.0529. The molecule has 1 aliphatic carbocycles. The van der Waals surface area contributed by atoms with Gasteiger partial charge in [-0.2, -0.15) is 0 Å². The molecule has 0 spiro atoms. The van der Waals surface area contributed by atoms with Gasteiger partial charge in [0.2, 0.25) is 0 Å². The van der Waals surface area contributed by atoms with Gasteiger partial charge in [-0.1, -0.05) is 67.4 Å². The summed E-state index contributed by atoms with van der Waals surface area (Å²) in [6.07, 6.45) is 14.9. The van der Waals surface area contributed by atoms with Gasteiger partial charge in [0.05, 0.1) is 20.1 Å². The first-order valence-corrected chi connectivity index (χ1v) is 21.7. The Kier molecular flexibility index (Phi) is 16.3. The molecular weight excluding hydrogens is 737 g/mol. The number of carbonyl (C=O) groups excluding carboxylic acids is 2. The van der Waals surface area contributed by atoms with Crippen molar-refractivity contribution in [3.63, 3.8) is 0 Å². The van der Waals surface area contributed by atoms with Crippen molar-refractivity contribution in [1.82, 2.24) is 15.6 Å². The number of aliphatic hydroxyl groups is 1. The van der Waals surface area contributed by atoms with Crippen LogP contribution in [0.5, 0.6) is 11.5 Å². The van der Waals surface area contributed by atoms with Gasteiger partial charge in [-0.05, 0) is 171 Å². The second-order valence-corrected chi connectivity index (χ2v) is 16.7. The third-order valence-electron chi connectivity index (χ3n) is 12.8. The number of piperidine rings is 1. The number of nitrogens with zero attached hydrogens (tertiary/aromatic N) is 1. The zero-order chi connectivity index (χ0) is 41.6. The van der Waals surface area contributed by atoms with Crippen LogP contribution in [0.4, 0.5) is 5.82 Å². The fraction of sp³-hybridized carbons (Fsp3) is 0.460. The van der Waals surface area contributed by atoms with Crippen LogP contribution < -0.4 is 21.1 Å². The van der Waals surface area contributed by atoms with Crippen LogP contribution in [-0.2, 0) is 41.7 Å².